The Kier molecular flexibility index (Phi) is 3.39. The molecule has 4 nitrogen and oxygen atoms in total. The second kappa shape index (κ2) is 4.79. The summed E-state index contributed by atoms with van der Waals surface area (Å²) in [7, 11) is 0. The zero-order chi connectivity index (χ0) is 11.5. The van der Waals surface area contributed by atoms with Crippen molar-refractivity contribution in [3.63, 3.8) is 0 Å². The molecule has 0 bridgehead atoms. The van der Waals surface area contributed by atoms with Crippen molar-refractivity contribution in [3.05, 3.63) is 38.9 Å². The minimum Gasteiger partial charge on any atom is -0.476 e. The summed E-state index contributed by atoms with van der Waals surface area (Å²) >= 11 is 3.49. The van der Waals surface area contributed by atoms with Gasteiger partial charge in [-0.3, -0.25) is 0 Å². The third-order valence-corrected chi connectivity index (χ3v) is 3.30. The first-order valence-corrected chi connectivity index (χ1v) is 6.32. The van der Waals surface area contributed by atoms with E-state index in [1.54, 1.807) is 0 Å². The van der Waals surface area contributed by atoms with Crippen molar-refractivity contribution in [2.24, 2.45) is 0 Å². The fourth-order valence-corrected chi connectivity index (χ4v) is 2.15. The molecule has 16 heavy (non-hydrogen) atoms. The second-order valence-electron chi connectivity index (χ2n) is 2.97. The highest BCUT2D eigenvalue weighted by molar-refractivity contribution is 14.1. The van der Waals surface area contributed by atoms with E-state index < -0.39 is 5.97 Å². The number of aromatic carboxylic acids is 1. The van der Waals surface area contributed by atoms with Crippen molar-refractivity contribution in [2.45, 2.75) is 0 Å². The van der Waals surface area contributed by atoms with E-state index in [2.05, 4.69) is 32.9 Å². The molecule has 0 amide bonds. The molecule has 1 heterocycles. The van der Waals surface area contributed by atoms with Crippen molar-refractivity contribution in [1.29, 1.82) is 0 Å². The van der Waals surface area contributed by atoms with Gasteiger partial charge in [0.25, 0.3) is 0 Å². The van der Waals surface area contributed by atoms with Crippen LogP contribution in [0.25, 0.3) is 0 Å². The lowest BCUT2D eigenvalue weighted by Gasteiger charge is -2.01. The smallest absolute Gasteiger partial charge is 0.355 e. The molecular weight excluding hydrogens is 339 g/mol. The molecule has 0 unspecified atom stereocenters. The van der Waals surface area contributed by atoms with Crippen LogP contribution in [0.2, 0.25) is 0 Å². The summed E-state index contributed by atoms with van der Waals surface area (Å²) in [5.74, 6) is -1.01. The van der Waals surface area contributed by atoms with E-state index >= 15 is 0 Å². The van der Waals surface area contributed by atoms with E-state index in [1.165, 1.54) is 16.7 Å². The summed E-state index contributed by atoms with van der Waals surface area (Å²) in [6.45, 7) is 0. The number of carboxylic acids is 1. The Labute approximate surface area is 109 Å². The zero-order valence-corrected chi connectivity index (χ0v) is 10.9. The lowest BCUT2D eigenvalue weighted by atomic mass is 10.3. The van der Waals surface area contributed by atoms with E-state index in [1.807, 2.05) is 24.3 Å². The maximum atomic E-state index is 10.6. The lowest BCUT2D eigenvalue weighted by molar-refractivity contribution is 0.0691. The van der Waals surface area contributed by atoms with Gasteiger partial charge in [-0.05, 0) is 46.9 Å². The summed E-state index contributed by atoms with van der Waals surface area (Å²) < 4.78 is 1.15. The third-order valence-electron chi connectivity index (χ3n) is 1.82. The maximum absolute atomic E-state index is 10.6. The number of halogens is 1. The number of rotatable bonds is 3. The molecule has 0 aliphatic rings. The number of thiazole rings is 1. The number of hydrogen-bond donors (Lipinski definition) is 2. The van der Waals surface area contributed by atoms with E-state index in [-0.39, 0.29) is 5.69 Å². The average Bonchev–Trinajstić information content (AvgIpc) is 2.70. The molecule has 6 heteroatoms. The molecule has 0 radical (unpaired) electrons. The number of benzene rings is 1. The van der Waals surface area contributed by atoms with Gasteiger partial charge in [-0.1, -0.05) is 0 Å². The molecule has 0 saturated heterocycles. The van der Waals surface area contributed by atoms with Crippen LogP contribution in [0.1, 0.15) is 10.5 Å². The Morgan fingerprint density at radius 2 is 2.06 bits per heavy atom. The minimum atomic E-state index is -1.01. The van der Waals surface area contributed by atoms with Gasteiger partial charge in [0.15, 0.2) is 10.8 Å². The van der Waals surface area contributed by atoms with Gasteiger partial charge in [0.1, 0.15) is 0 Å². The van der Waals surface area contributed by atoms with Gasteiger partial charge in [-0.25, -0.2) is 9.78 Å². The molecule has 1 aromatic heterocycles. The molecule has 2 aromatic rings. The first-order valence-electron chi connectivity index (χ1n) is 4.36. The summed E-state index contributed by atoms with van der Waals surface area (Å²) in [5.41, 5.74) is 0.963. The number of hydrogen-bond acceptors (Lipinski definition) is 4. The third kappa shape index (κ3) is 2.70. The molecule has 0 spiro atoms. The van der Waals surface area contributed by atoms with Crippen LogP contribution in [0.3, 0.4) is 0 Å². The quantitative estimate of drug-likeness (QED) is 0.838. The number of nitrogens with one attached hydrogen (secondary N) is 1. The van der Waals surface area contributed by atoms with Crippen LogP contribution in [0.4, 0.5) is 10.8 Å². The number of carbonyl (C=O) groups is 1. The van der Waals surface area contributed by atoms with Crippen molar-refractivity contribution in [1.82, 2.24) is 4.98 Å². The van der Waals surface area contributed by atoms with Crippen LogP contribution in [-0.4, -0.2) is 16.1 Å². The Bertz CT molecular complexity index is 510. The van der Waals surface area contributed by atoms with Crippen LogP contribution in [-0.2, 0) is 0 Å². The standard InChI is InChI=1S/C10H7IN2O2S/c11-6-1-3-7(4-2-6)12-10-13-8(5-16-10)9(14)15/h1-5H,(H,12,13)(H,14,15). The van der Waals surface area contributed by atoms with Crippen molar-refractivity contribution >= 4 is 50.7 Å². The molecule has 0 saturated carbocycles. The van der Waals surface area contributed by atoms with E-state index in [0.717, 1.165) is 9.26 Å². The SMILES string of the molecule is O=C(O)c1csc(Nc2ccc(I)cc2)n1. The van der Waals surface area contributed by atoms with Gasteiger partial charge in [0.2, 0.25) is 0 Å². The normalized spacial score (nSPS) is 10.1. The van der Waals surface area contributed by atoms with Crippen LogP contribution in [0.5, 0.6) is 0 Å². The summed E-state index contributed by atoms with van der Waals surface area (Å²) in [6, 6.07) is 7.77. The largest absolute Gasteiger partial charge is 0.476 e. The zero-order valence-electron chi connectivity index (χ0n) is 7.98. The highest BCUT2D eigenvalue weighted by Gasteiger charge is 2.08. The van der Waals surface area contributed by atoms with Gasteiger partial charge in [0.05, 0.1) is 0 Å². The van der Waals surface area contributed by atoms with Gasteiger partial charge < -0.3 is 10.4 Å². The minimum absolute atomic E-state index is 0.0676. The number of carboxylic acid groups (broad SMARTS) is 1. The molecule has 0 fully saturated rings. The molecule has 0 aliphatic carbocycles. The molecule has 82 valence electrons. The lowest BCUT2D eigenvalue weighted by Crippen LogP contribution is -1.97. The van der Waals surface area contributed by atoms with Gasteiger partial charge >= 0.3 is 5.97 Å². The van der Waals surface area contributed by atoms with Crippen LogP contribution < -0.4 is 5.32 Å². The number of aromatic nitrogens is 1. The van der Waals surface area contributed by atoms with Crippen molar-refractivity contribution < 1.29 is 9.90 Å². The van der Waals surface area contributed by atoms with E-state index in [4.69, 9.17) is 5.11 Å². The van der Waals surface area contributed by atoms with Crippen molar-refractivity contribution in [3.8, 4) is 0 Å². The predicted octanol–water partition coefficient (Wildman–Crippen LogP) is 3.19. The van der Waals surface area contributed by atoms with Crippen LogP contribution >= 0.6 is 33.9 Å². The first-order chi connectivity index (χ1) is 7.65. The molecule has 2 N–H and O–H groups in total. The molecule has 0 aliphatic heterocycles. The molecular formula is C10H7IN2O2S. The first kappa shape index (κ1) is 11.3. The maximum Gasteiger partial charge on any atom is 0.355 e. The fourth-order valence-electron chi connectivity index (χ4n) is 1.09. The number of nitrogens with zero attached hydrogens (tertiary/aromatic N) is 1. The summed E-state index contributed by atoms with van der Waals surface area (Å²) in [6.07, 6.45) is 0. The highest BCUT2D eigenvalue weighted by Crippen LogP contribution is 2.21. The van der Waals surface area contributed by atoms with Crippen molar-refractivity contribution in [2.75, 3.05) is 5.32 Å². The topological polar surface area (TPSA) is 62.2 Å². The highest BCUT2D eigenvalue weighted by atomic mass is 127. The van der Waals surface area contributed by atoms with E-state index in [0.29, 0.717) is 5.13 Å². The van der Waals surface area contributed by atoms with Gasteiger partial charge in [0, 0.05) is 14.6 Å². The van der Waals surface area contributed by atoms with Crippen LogP contribution in [0, 0.1) is 3.57 Å². The molecule has 1 aromatic carbocycles. The predicted molar refractivity (Wildman–Crippen MR) is 71.5 cm³/mol. The monoisotopic (exact) mass is 346 g/mol. The molecule has 2 rings (SSSR count). The summed E-state index contributed by atoms with van der Waals surface area (Å²) in [4.78, 5) is 14.6. The number of anilines is 2. The Morgan fingerprint density at radius 1 is 1.38 bits per heavy atom. The van der Waals surface area contributed by atoms with Gasteiger partial charge in [-0.15, -0.1) is 11.3 Å². The molecule has 0 atom stereocenters. The second-order valence-corrected chi connectivity index (χ2v) is 5.08. The Hall–Kier alpha value is -1.15. The van der Waals surface area contributed by atoms with Gasteiger partial charge in [-0.2, -0.15) is 0 Å². The fraction of sp³-hybridized carbons (Fsp3) is 0. The average molecular weight is 346 g/mol. The Balaban J connectivity index is 2.14. The van der Waals surface area contributed by atoms with Crippen LogP contribution in [0.15, 0.2) is 29.6 Å². The van der Waals surface area contributed by atoms with E-state index in [9.17, 15) is 4.79 Å². The summed E-state index contributed by atoms with van der Waals surface area (Å²) in [5, 5.41) is 13.9. The Morgan fingerprint density at radius 3 is 2.62 bits per heavy atom.